The van der Waals surface area contributed by atoms with Crippen molar-refractivity contribution in [1.29, 1.82) is 0 Å². The minimum atomic E-state index is -2.33. The highest BCUT2D eigenvalue weighted by atomic mass is 19.1. The van der Waals surface area contributed by atoms with E-state index >= 15 is 8.78 Å². The monoisotopic (exact) mass is 905 g/mol. The molecule has 4 aliphatic carbocycles. The number of fused-ring (bicyclic) bond motifs is 8. The second kappa shape index (κ2) is 16.6. The van der Waals surface area contributed by atoms with E-state index in [2.05, 4.69) is 10.3 Å². The number of hydrogen-bond donors (Lipinski definition) is 4. The normalized spacial score (nSPS) is 33.1. The Kier molecular flexibility index (Phi) is 11.4. The predicted octanol–water partition coefficient (Wildman–Crippen LogP) is 6.61. The molecule has 1 amide bonds. The van der Waals surface area contributed by atoms with E-state index in [-0.39, 0.29) is 55.0 Å². The summed E-state index contributed by atoms with van der Waals surface area (Å²) in [5.41, 5.74) is 1.30. The summed E-state index contributed by atoms with van der Waals surface area (Å²) in [6.07, 6.45) is 1.97. The second-order valence-electron chi connectivity index (χ2n) is 19.2. The lowest BCUT2D eigenvalue weighted by Crippen LogP contribution is -2.71. The van der Waals surface area contributed by atoms with Gasteiger partial charge >= 0.3 is 11.9 Å². The van der Waals surface area contributed by atoms with Gasteiger partial charge in [-0.05, 0) is 117 Å². The van der Waals surface area contributed by atoms with Gasteiger partial charge in [-0.3, -0.25) is 14.6 Å². The number of carbonyl (C=O) groups is 4. The minimum absolute atomic E-state index is 0.0365. The first-order valence-electron chi connectivity index (χ1n) is 22.2. The van der Waals surface area contributed by atoms with Crippen molar-refractivity contribution in [2.75, 3.05) is 18.5 Å². The van der Waals surface area contributed by atoms with Crippen LogP contribution < -0.4 is 11.1 Å². The van der Waals surface area contributed by atoms with Gasteiger partial charge in [0.05, 0.1) is 35.4 Å². The van der Waals surface area contributed by atoms with Crippen molar-refractivity contribution in [3.8, 4) is 0 Å². The van der Waals surface area contributed by atoms with Crippen LogP contribution in [0.1, 0.15) is 84.7 Å². The molecule has 13 nitrogen and oxygen atoms in total. The predicted molar refractivity (Wildman–Crippen MR) is 237 cm³/mol. The highest BCUT2D eigenvalue weighted by molar-refractivity contribution is 5.98. The Bertz CT molecular complexity index is 2670. The zero-order valence-electron chi connectivity index (χ0n) is 37.0. The number of aliphatic hydroxyl groups is 2. The summed E-state index contributed by atoms with van der Waals surface area (Å²) >= 11 is 0. The van der Waals surface area contributed by atoms with Crippen LogP contribution in [0.3, 0.4) is 0 Å². The molecule has 0 radical (unpaired) electrons. The average molecular weight is 906 g/mol. The van der Waals surface area contributed by atoms with Crippen LogP contribution in [0.15, 0.2) is 109 Å². The Hall–Kier alpha value is -5.71. The van der Waals surface area contributed by atoms with Gasteiger partial charge in [0.15, 0.2) is 23.7 Å². The third kappa shape index (κ3) is 7.26. The Morgan fingerprint density at radius 1 is 0.924 bits per heavy atom. The molecule has 2 heterocycles. The number of nitrogens with zero attached hydrogens (tertiary/aromatic N) is 1. The summed E-state index contributed by atoms with van der Waals surface area (Å²) in [5, 5.41) is 26.9. The molecule has 66 heavy (non-hydrogen) atoms. The molecule has 4 fully saturated rings. The van der Waals surface area contributed by atoms with Gasteiger partial charge in [0.2, 0.25) is 11.7 Å². The van der Waals surface area contributed by atoms with Crippen molar-refractivity contribution in [1.82, 2.24) is 4.98 Å². The van der Waals surface area contributed by atoms with Crippen LogP contribution >= 0.6 is 0 Å². The molecule has 1 aliphatic heterocycles. The first-order valence-corrected chi connectivity index (χ1v) is 22.2. The number of esters is 2. The molecule has 15 heteroatoms. The number of Topliss-reactive ketones (excluding diaryl/α,β-unsaturated/α-hetero) is 1. The van der Waals surface area contributed by atoms with Crippen molar-refractivity contribution in [2.24, 2.45) is 28.4 Å². The maximum Gasteiger partial charge on any atom is 0.338 e. The molecule has 4 aromatic rings. The van der Waals surface area contributed by atoms with E-state index in [9.17, 15) is 29.4 Å². The number of allylic oxidation sites excluding steroid dienone is 2. The fraction of sp³-hybridized carbons (Fsp3) is 0.431. The van der Waals surface area contributed by atoms with Crippen LogP contribution in [0.25, 0.3) is 10.8 Å². The summed E-state index contributed by atoms with van der Waals surface area (Å²) in [6, 6.07) is 19.9. The molecule has 346 valence electrons. The number of rotatable bonds is 11. The van der Waals surface area contributed by atoms with E-state index in [4.69, 9.17) is 24.7 Å². The number of halogens is 2. The molecule has 0 spiro atoms. The molecule has 5 N–H and O–H groups in total. The number of pyridine rings is 1. The summed E-state index contributed by atoms with van der Waals surface area (Å²) in [5.74, 6) is -6.13. The molecule has 1 saturated heterocycles. The third-order valence-electron chi connectivity index (χ3n) is 15.0. The minimum Gasteiger partial charge on any atom is -0.457 e. The summed E-state index contributed by atoms with van der Waals surface area (Å²) < 4.78 is 57.8. The fourth-order valence-corrected chi connectivity index (χ4v) is 11.9. The van der Waals surface area contributed by atoms with Gasteiger partial charge in [-0.1, -0.05) is 49.4 Å². The average Bonchev–Trinajstić information content (AvgIpc) is 3.71. The second-order valence-corrected chi connectivity index (χ2v) is 19.2. The number of benzene rings is 3. The number of amides is 1. The molecular weight excluding hydrogens is 853 g/mol. The van der Waals surface area contributed by atoms with E-state index < -0.39 is 94.5 Å². The van der Waals surface area contributed by atoms with Crippen LogP contribution in [0.2, 0.25) is 0 Å². The highest BCUT2D eigenvalue weighted by Gasteiger charge is 2.80. The topological polar surface area (TPSA) is 197 Å². The van der Waals surface area contributed by atoms with Crippen LogP contribution in [-0.2, 0) is 35.1 Å². The van der Waals surface area contributed by atoms with Crippen LogP contribution in [0, 0.1) is 22.7 Å². The number of ketones is 1. The lowest BCUT2D eigenvalue weighted by molar-refractivity contribution is -0.249. The number of nitrogens with one attached hydrogen (secondary N) is 1. The summed E-state index contributed by atoms with van der Waals surface area (Å²) in [4.78, 5) is 58.5. The molecule has 1 aromatic heterocycles. The standard InChI is InChI=1S/C51H53F2N3O10/c1-47(2)65-43-22-37-38-21-40(52)39-20-35(57)14-16-48(39,3)50(38,53)41(58)23-49(37,4)51(43,66-47)42(59)27-64-46(62)30-10-8-29(9-11-30)45(61)63-26-28-6-5-7-32(18-28)36(24-54)44(60)56-34-13-12-33-25-55-17-15-31(33)19-34/h5-20,25,35-38,40-41,43,57-58H,21-24,26-27,54H2,1-4H3,(H,56,60)/t35?,36-,37+,38+,40+,41+,43-,48+,49+,50+,51-/m1/s1. The van der Waals surface area contributed by atoms with Gasteiger partial charge < -0.3 is 40.2 Å². The molecular formula is C51H53F2N3O10. The Balaban J connectivity index is 0.839. The lowest BCUT2D eigenvalue weighted by Gasteiger charge is -2.63. The third-order valence-corrected chi connectivity index (χ3v) is 15.0. The Morgan fingerprint density at radius 3 is 2.38 bits per heavy atom. The quantitative estimate of drug-likeness (QED) is 0.0931. The van der Waals surface area contributed by atoms with Gasteiger partial charge in [-0.25, -0.2) is 18.4 Å². The SMILES string of the molecule is CC1(C)O[C@@H]2C[C@H]3[C@@H]4C[C@H](F)C5=CC(O)C=C[C@]5(C)[C@@]4(F)[C@@H](O)C[C@]3(C)[C@]2(C(=O)COC(=O)c2ccc(C(=O)OCc3cccc([C@@H](CN)C(=O)Nc4ccc5cnccc5c4)c3)cc2)O1. The van der Waals surface area contributed by atoms with Crippen LogP contribution in [0.4, 0.5) is 14.5 Å². The maximum absolute atomic E-state index is 17.8. The molecule has 0 bridgehead atoms. The zero-order chi connectivity index (χ0) is 47.0. The van der Waals surface area contributed by atoms with Crippen LogP contribution in [0.5, 0.6) is 0 Å². The fourth-order valence-electron chi connectivity index (χ4n) is 11.9. The molecule has 5 aliphatic rings. The molecule has 9 rings (SSSR count). The van der Waals surface area contributed by atoms with Crippen molar-refractivity contribution in [3.05, 3.63) is 131 Å². The summed E-state index contributed by atoms with van der Waals surface area (Å²) in [7, 11) is 0. The highest BCUT2D eigenvalue weighted by Crippen LogP contribution is 2.72. The lowest BCUT2D eigenvalue weighted by atomic mass is 9.44. The molecule has 11 atom stereocenters. The number of alkyl halides is 2. The van der Waals surface area contributed by atoms with Crippen LogP contribution in [-0.4, -0.2) is 93.5 Å². The molecule has 3 saturated carbocycles. The molecule has 3 aromatic carbocycles. The van der Waals surface area contributed by atoms with Gasteiger partial charge in [0, 0.05) is 46.8 Å². The maximum atomic E-state index is 17.8. The van der Waals surface area contributed by atoms with Gasteiger partial charge in [-0.15, -0.1) is 0 Å². The van der Waals surface area contributed by atoms with E-state index in [0.717, 1.165) is 10.8 Å². The first-order chi connectivity index (χ1) is 31.3. The molecule has 1 unspecified atom stereocenters. The Labute approximate surface area is 380 Å². The Morgan fingerprint density at radius 2 is 1.65 bits per heavy atom. The number of hydrogen-bond acceptors (Lipinski definition) is 12. The van der Waals surface area contributed by atoms with E-state index in [1.54, 1.807) is 70.4 Å². The number of carbonyl (C=O) groups excluding carboxylic acids is 4. The van der Waals surface area contributed by atoms with E-state index in [1.807, 2.05) is 18.2 Å². The van der Waals surface area contributed by atoms with E-state index in [0.29, 0.717) is 16.8 Å². The van der Waals surface area contributed by atoms with Gasteiger partial charge in [-0.2, -0.15) is 0 Å². The number of nitrogens with two attached hydrogens (primary N) is 1. The first kappa shape index (κ1) is 45.4. The number of aromatic nitrogens is 1. The summed E-state index contributed by atoms with van der Waals surface area (Å²) in [6.45, 7) is 5.76. The van der Waals surface area contributed by atoms with Gasteiger partial charge in [0.1, 0.15) is 12.8 Å². The van der Waals surface area contributed by atoms with E-state index in [1.165, 1.54) is 42.5 Å². The number of aliphatic hydroxyl groups excluding tert-OH is 2. The van der Waals surface area contributed by atoms with Crippen molar-refractivity contribution >= 4 is 40.1 Å². The van der Waals surface area contributed by atoms with Crippen molar-refractivity contribution < 1.29 is 57.1 Å². The number of anilines is 1. The van der Waals surface area contributed by atoms with Crippen molar-refractivity contribution in [2.45, 2.75) is 101 Å². The number of ether oxygens (including phenoxy) is 4. The van der Waals surface area contributed by atoms with Gasteiger partial charge in [0.25, 0.3) is 0 Å². The zero-order valence-corrected chi connectivity index (χ0v) is 37.0. The van der Waals surface area contributed by atoms with Crippen molar-refractivity contribution in [3.63, 3.8) is 0 Å². The largest absolute Gasteiger partial charge is 0.457 e. The smallest absolute Gasteiger partial charge is 0.338 e.